The summed E-state index contributed by atoms with van der Waals surface area (Å²) < 4.78 is 0. The maximum atomic E-state index is 10.6. The van der Waals surface area contributed by atoms with Gasteiger partial charge in [-0.2, -0.15) is 11.8 Å². The first kappa shape index (κ1) is 10.6. The van der Waals surface area contributed by atoms with Crippen LogP contribution >= 0.6 is 11.8 Å². The van der Waals surface area contributed by atoms with Crippen molar-refractivity contribution in [3.63, 3.8) is 0 Å². The van der Waals surface area contributed by atoms with E-state index in [1.165, 1.54) is 6.08 Å². The highest BCUT2D eigenvalue weighted by Crippen LogP contribution is 2.06. The molecule has 0 heterocycles. The molecule has 0 bridgehead atoms. The highest BCUT2D eigenvalue weighted by molar-refractivity contribution is 7.99. The minimum Gasteiger partial charge on any atom is -0.352 e. The predicted molar refractivity (Wildman–Crippen MR) is 50.8 cm³/mol. The van der Waals surface area contributed by atoms with E-state index in [1.807, 2.05) is 11.8 Å². The average molecular weight is 173 g/mol. The van der Waals surface area contributed by atoms with E-state index in [1.54, 1.807) is 0 Å². The van der Waals surface area contributed by atoms with Crippen LogP contribution < -0.4 is 5.32 Å². The highest BCUT2D eigenvalue weighted by Gasteiger charge is 1.95. The summed E-state index contributed by atoms with van der Waals surface area (Å²) in [5.74, 6) is 0.881. The third-order valence-electron chi connectivity index (χ3n) is 1.04. The summed E-state index contributed by atoms with van der Waals surface area (Å²) in [5, 5.41) is 3.34. The number of nitrogens with one attached hydrogen (secondary N) is 1. The molecule has 0 radical (unpaired) electrons. The van der Waals surface area contributed by atoms with Crippen molar-refractivity contribution in [2.45, 2.75) is 19.1 Å². The standard InChI is InChI=1S/C8H15NOS/c1-4-8(10)9-5-6-11-7(2)3/h4,7H,1,5-6H2,2-3H3,(H,9,10). The van der Waals surface area contributed by atoms with Gasteiger partial charge in [0.05, 0.1) is 0 Å². The van der Waals surface area contributed by atoms with Crippen molar-refractivity contribution in [3.8, 4) is 0 Å². The number of hydrogen-bond acceptors (Lipinski definition) is 2. The van der Waals surface area contributed by atoms with Gasteiger partial charge in [-0.25, -0.2) is 0 Å². The lowest BCUT2D eigenvalue weighted by Gasteiger charge is -2.04. The quantitative estimate of drug-likeness (QED) is 0.503. The van der Waals surface area contributed by atoms with Crippen molar-refractivity contribution >= 4 is 17.7 Å². The molecule has 1 amide bonds. The van der Waals surface area contributed by atoms with Crippen LogP contribution in [0.1, 0.15) is 13.8 Å². The molecule has 0 saturated carbocycles. The molecule has 0 aromatic heterocycles. The summed E-state index contributed by atoms with van der Waals surface area (Å²) in [6.45, 7) is 8.36. The lowest BCUT2D eigenvalue weighted by atomic mass is 10.5. The van der Waals surface area contributed by atoms with Gasteiger partial charge in [-0.3, -0.25) is 4.79 Å². The molecule has 3 heteroatoms. The number of thioether (sulfide) groups is 1. The fourth-order valence-electron chi connectivity index (χ4n) is 0.541. The van der Waals surface area contributed by atoms with E-state index in [0.717, 1.165) is 12.3 Å². The van der Waals surface area contributed by atoms with Crippen molar-refractivity contribution in [2.24, 2.45) is 0 Å². The molecule has 0 aliphatic rings. The van der Waals surface area contributed by atoms with Crippen LogP contribution in [0.3, 0.4) is 0 Å². The van der Waals surface area contributed by atoms with Crippen LogP contribution in [0, 0.1) is 0 Å². The van der Waals surface area contributed by atoms with Crippen molar-refractivity contribution < 1.29 is 4.79 Å². The maximum Gasteiger partial charge on any atom is 0.243 e. The Morgan fingerprint density at radius 2 is 2.36 bits per heavy atom. The zero-order valence-electron chi connectivity index (χ0n) is 7.09. The van der Waals surface area contributed by atoms with Gasteiger partial charge in [0.2, 0.25) is 5.91 Å². The van der Waals surface area contributed by atoms with E-state index in [0.29, 0.717) is 5.25 Å². The van der Waals surface area contributed by atoms with Gasteiger partial charge in [0.25, 0.3) is 0 Å². The second-order valence-corrected chi connectivity index (χ2v) is 4.10. The van der Waals surface area contributed by atoms with E-state index < -0.39 is 0 Å². The van der Waals surface area contributed by atoms with E-state index in [4.69, 9.17) is 0 Å². The Bertz CT molecular complexity index is 134. The van der Waals surface area contributed by atoms with Crippen molar-refractivity contribution in [3.05, 3.63) is 12.7 Å². The van der Waals surface area contributed by atoms with Crippen molar-refractivity contribution in [2.75, 3.05) is 12.3 Å². The number of carbonyl (C=O) groups is 1. The average Bonchev–Trinajstić information content (AvgIpc) is 1.97. The van der Waals surface area contributed by atoms with Crippen LogP contribution in [-0.2, 0) is 4.79 Å². The second-order valence-electron chi connectivity index (χ2n) is 2.41. The third kappa shape index (κ3) is 7.46. The van der Waals surface area contributed by atoms with Gasteiger partial charge in [-0.05, 0) is 11.3 Å². The maximum absolute atomic E-state index is 10.6. The molecular weight excluding hydrogens is 158 g/mol. The first-order chi connectivity index (χ1) is 5.16. The zero-order chi connectivity index (χ0) is 8.69. The second kappa shape index (κ2) is 6.28. The first-order valence-corrected chi connectivity index (χ1v) is 4.73. The van der Waals surface area contributed by atoms with Gasteiger partial charge in [-0.1, -0.05) is 20.4 Å². The molecule has 0 rings (SSSR count). The topological polar surface area (TPSA) is 29.1 Å². The van der Waals surface area contributed by atoms with Gasteiger partial charge >= 0.3 is 0 Å². The van der Waals surface area contributed by atoms with Gasteiger partial charge in [0.15, 0.2) is 0 Å². The van der Waals surface area contributed by atoms with Crippen molar-refractivity contribution in [1.29, 1.82) is 0 Å². The number of rotatable bonds is 5. The van der Waals surface area contributed by atoms with Crippen LogP contribution in [0.5, 0.6) is 0 Å². The Hall–Kier alpha value is -0.440. The van der Waals surface area contributed by atoms with E-state index in [2.05, 4.69) is 25.7 Å². The molecule has 11 heavy (non-hydrogen) atoms. The Kier molecular flexibility index (Phi) is 6.03. The minimum absolute atomic E-state index is 0.0886. The monoisotopic (exact) mass is 173 g/mol. The fraction of sp³-hybridized carbons (Fsp3) is 0.625. The van der Waals surface area contributed by atoms with Gasteiger partial charge in [0, 0.05) is 12.3 Å². The molecule has 0 fully saturated rings. The largest absolute Gasteiger partial charge is 0.352 e. The Labute approximate surface area is 72.4 Å². The van der Waals surface area contributed by atoms with Gasteiger partial charge in [-0.15, -0.1) is 0 Å². The molecule has 2 nitrogen and oxygen atoms in total. The lowest BCUT2D eigenvalue weighted by molar-refractivity contribution is -0.116. The predicted octanol–water partition coefficient (Wildman–Crippen LogP) is 1.43. The number of amides is 1. The molecular formula is C8H15NOS. The van der Waals surface area contributed by atoms with E-state index >= 15 is 0 Å². The molecule has 64 valence electrons. The van der Waals surface area contributed by atoms with E-state index in [-0.39, 0.29) is 5.91 Å². The SMILES string of the molecule is C=CC(=O)NCCSC(C)C. The summed E-state index contributed by atoms with van der Waals surface area (Å²) in [6, 6.07) is 0. The Morgan fingerprint density at radius 3 is 2.82 bits per heavy atom. The van der Waals surface area contributed by atoms with Crippen LogP contribution in [0.25, 0.3) is 0 Å². The molecule has 0 unspecified atom stereocenters. The molecule has 1 N–H and O–H groups in total. The summed E-state index contributed by atoms with van der Waals surface area (Å²) in [4.78, 5) is 10.6. The van der Waals surface area contributed by atoms with Crippen LogP contribution in [-0.4, -0.2) is 23.5 Å². The fourth-order valence-corrected chi connectivity index (χ4v) is 1.23. The summed E-state index contributed by atoms with van der Waals surface area (Å²) in [6.07, 6.45) is 1.29. The summed E-state index contributed by atoms with van der Waals surface area (Å²) >= 11 is 1.83. The summed E-state index contributed by atoms with van der Waals surface area (Å²) in [5.41, 5.74) is 0. The Balaban J connectivity index is 3.14. The molecule has 0 spiro atoms. The van der Waals surface area contributed by atoms with Crippen LogP contribution in [0.15, 0.2) is 12.7 Å². The molecule has 0 aliphatic heterocycles. The molecule has 0 atom stereocenters. The first-order valence-electron chi connectivity index (χ1n) is 3.68. The Morgan fingerprint density at radius 1 is 1.73 bits per heavy atom. The molecule has 0 aromatic carbocycles. The number of hydrogen-bond donors (Lipinski definition) is 1. The van der Waals surface area contributed by atoms with Crippen LogP contribution in [0.4, 0.5) is 0 Å². The molecule has 0 aliphatic carbocycles. The zero-order valence-corrected chi connectivity index (χ0v) is 7.91. The highest BCUT2D eigenvalue weighted by atomic mass is 32.2. The molecule has 0 aromatic rings. The lowest BCUT2D eigenvalue weighted by Crippen LogP contribution is -2.23. The van der Waals surface area contributed by atoms with Crippen LogP contribution in [0.2, 0.25) is 0 Å². The van der Waals surface area contributed by atoms with Gasteiger partial charge < -0.3 is 5.32 Å². The van der Waals surface area contributed by atoms with E-state index in [9.17, 15) is 4.79 Å². The third-order valence-corrected chi connectivity index (χ3v) is 2.14. The minimum atomic E-state index is -0.0886. The normalized spacial score (nSPS) is 9.73. The summed E-state index contributed by atoms with van der Waals surface area (Å²) in [7, 11) is 0. The van der Waals surface area contributed by atoms with Gasteiger partial charge in [0.1, 0.15) is 0 Å². The molecule has 0 saturated heterocycles. The van der Waals surface area contributed by atoms with Crippen molar-refractivity contribution in [1.82, 2.24) is 5.32 Å². The number of carbonyl (C=O) groups excluding carboxylic acids is 1. The smallest absolute Gasteiger partial charge is 0.243 e.